The molecule has 5 heteroatoms. The molecule has 138 valence electrons. The maximum Gasteiger partial charge on any atom is 0.320 e. The van der Waals surface area contributed by atoms with Gasteiger partial charge in [0.1, 0.15) is 5.82 Å². The predicted octanol–water partition coefficient (Wildman–Crippen LogP) is 4.07. The molecular formula is C21H28N4O. The third kappa shape index (κ3) is 5.22. The Kier molecular flexibility index (Phi) is 6.10. The van der Waals surface area contributed by atoms with Gasteiger partial charge < -0.3 is 10.2 Å². The SMILES string of the molecule is CC(C)NC(=O)Nc1ccc(N2CCC(Cc3ccccc3)CC2)cn1. The van der Waals surface area contributed by atoms with Gasteiger partial charge in [-0.2, -0.15) is 0 Å². The summed E-state index contributed by atoms with van der Waals surface area (Å²) >= 11 is 0. The molecular weight excluding hydrogens is 324 g/mol. The average molecular weight is 352 g/mol. The van der Waals surface area contributed by atoms with Crippen LogP contribution in [0.1, 0.15) is 32.3 Å². The Morgan fingerprint density at radius 3 is 2.50 bits per heavy atom. The fourth-order valence-corrected chi connectivity index (χ4v) is 3.40. The number of urea groups is 1. The van der Waals surface area contributed by atoms with Gasteiger partial charge in [-0.15, -0.1) is 0 Å². The summed E-state index contributed by atoms with van der Waals surface area (Å²) in [6.07, 6.45) is 5.42. The zero-order valence-corrected chi connectivity index (χ0v) is 15.6. The first-order valence-corrected chi connectivity index (χ1v) is 9.42. The van der Waals surface area contributed by atoms with Crippen molar-refractivity contribution in [1.82, 2.24) is 10.3 Å². The number of anilines is 2. The summed E-state index contributed by atoms with van der Waals surface area (Å²) in [5, 5.41) is 5.55. The first-order valence-electron chi connectivity index (χ1n) is 9.42. The smallest absolute Gasteiger partial charge is 0.320 e. The van der Waals surface area contributed by atoms with Crippen molar-refractivity contribution in [1.29, 1.82) is 0 Å². The van der Waals surface area contributed by atoms with Gasteiger partial charge in [0.15, 0.2) is 0 Å². The lowest BCUT2D eigenvalue weighted by Crippen LogP contribution is -2.35. The van der Waals surface area contributed by atoms with Crippen LogP contribution in [0.25, 0.3) is 0 Å². The molecule has 2 N–H and O–H groups in total. The standard InChI is InChI=1S/C21H28N4O/c1-16(2)23-21(26)24-20-9-8-19(15-22-20)25-12-10-18(11-13-25)14-17-6-4-3-5-7-17/h3-9,15-16,18H,10-14H2,1-2H3,(H2,22,23,24,26). The number of hydrogen-bond donors (Lipinski definition) is 2. The summed E-state index contributed by atoms with van der Waals surface area (Å²) in [6.45, 7) is 5.97. The molecule has 1 aromatic heterocycles. The predicted molar refractivity (Wildman–Crippen MR) is 107 cm³/mol. The van der Waals surface area contributed by atoms with Gasteiger partial charge in [0.2, 0.25) is 0 Å². The van der Waals surface area contributed by atoms with Crippen molar-refractivity contribution in [3.8, 4) is 0 Å². The van der Waals surface area contributed by atoms with E-state index >= 15 is 0 Å². The van der Waals surface area contributed by atoms with E-state index in [2.05, 4.69) is 50.8 Å². The minimum absolute atomic E-state index is 0.103. The first-order chi connectivity index (χ1) is 12.6. The lowest BCUT2D eigenvalue weighted by Gasteiger charge is -2.33. The van der Waals surface area contributed by atoms with Crippen molar-refractivity contribution < 1.29 is 4.79 Å². The average Bonchev–Trinajstić information content (AvgIpc) is 2.63. The maximum absolute atomic E-state index is 11.7. The minimum atomic E-state index is -0.220. The highest BCUT2D eigenvalue weighted by molar-refractivity contribution is 5.88. The Balaban J connectivity index is 1.49. The molecule has 0 saturated carbocycles. The van der Waals surface area contributed by atoms with E-state index in [1.165, 1.54) is 24.8 Å². The summed E-state index contributed by atoms with van der Waals surface area (Å²) in [6, 6.07) is 14.5. The normalized spacial score (nSPS) is 15.1. The third-order valence-corrected chi connectivity index (χ3v) is 4.76. The number of carbonyl (C=O) groups excluding carboxylic acids is 1. The van der Waals surface area contributed by atoms with E-state index in [9.17, 15) is 4.79 Å². The molecule has 0 aliphatic carbocycles. The molecule has 1 aliphatic rings. The van der Waals surface area contributed by atoms with Crippen molar-refractivity contribution in [2.75, 3.05) is 23.3 Å². The fraction of sp³-hybridized carbons (Fsp3) is 0.429. The Morgan fingerprint density at radius 2 is 1.88 bits per heavy atom. The molecule has 0 spiro atoms. The molecule has 0 radical (unpaired) electrons. The Hall–Kier alpha value is -2.56. The minimum Gasteiger partial charge on any atom is -0.370 e. The molecule has 2 amide bonds. The van der Waals surface area contributed by atoms with Crippen LogP contribution in [0.5, 0.6) is 0 Å². The van der Waals surface area contributed by atoms with Crippen molar-refractivity contribution >= 4 is 17.5 Å². The van der Waals surface area contributed by atoms with Gasteiger partial charge in [-0.25, -0.2) is 9.78 Å². The van der Waals surface area contributed by atoms with Gasteiger partial charge in [0.25, 0.3) is 0 Å². The number of nitrogens with one attached hydrogen (secondary N) is 2. The van der Waals surface area contributed by atoms with Crippen molar-refractivity contribution in [3.63, 3.8) is 0 Å². The zero-order valence-electron chi connectivity index (χ0n) is 15.6. The molecule has 1 aliphatic heterocycles. The molecule has 0 unspecified atom stereocenters. The monoisotopic (exact) mass is 352 g/mol. The highest BCUT2D eigenvalue weighted by Crippen LogP contribution is 2.25. The molecule has 3 rings (SSSR count). The van der Waals surface area contributed by atoms with E-state index < -0.39 is 0 Å². The third-order valence-electron chi connectivity index (χ3n) is 4.76. The van der Waals surface area contributed by atoms with Gasteiger partial charge in [0, 0.05) is 19.1 Å². The summed E-state index contributed by atoms with van der Waals surface area (Å²) in [4.78, 5) is 18.5. The number of carbonyl (C=O) groups is 1. The largest absolute Gasteiger partial charge is 0.370 e. The highest BCUT2D eigenvalue weighted by Gasteiger charge is 2.20. The van der Waals surface area contributed by atoms with Crippen molar-refractivity contribution in [2.24, 2.45) is 5.92 Å². The number of amides is 2. The van der Waals surface area contributed by atoms with Gasteiger partial charge >= 0.3 is 6.03 Å². The second-order valence-corrected chi connectivity index (χ2v) is 7.27. The molecule has 1 saturated heterocycles. The summed E-state index contributed by atoms with van der Waals surface area (Å²) in [7, 11) is 0. The molecule has 5 nitrogen and oxygen atoms in total. The molecule has 1 aromatic carbocycles. The number of piperidine rings is 1. The van der Waals surface area contributed by atoms with E-state index in [1.807, 2.05) is 32.2 Å². The van der Waals surface area contributed by atoms with E-state index in [-0.39, 0.29) is 12.1 Å². The van der Waals surface area contributed by atoms with Crippen LogP contribution in [0.2, 0.25) is 0 Å². The maximum atomic E-state index is 11.7. The zero-order chi connectivity index (χ0) is 18.4. The lowest BCUT2D eigenvalue weighted by atomic mass is 9.90. The van der Waals surface area contributed by atoms with Crippen molar-refractivity contribution in [3.05, 3.63) is 54.2 Å². The second kappa shape index (κ2) is 8.70. The molecule has 0 bridgehead atoms. The van der Waals surface area contributed by atoms with Crippen molar-refractivity contribution in [2.45, 2.75) is 39.2 Å². The molecule has 26 heavy (non-hydrogen) atoms. The number of nitrogens with zero attached hydrogens (tertiary/aromatic N) is 2. The molecule has 2 heterocycles. The van der Waals surface area contributed by atoms with Crippen LogP contribution in [-0.2, 0) is 6.42 Å². The molecule has 0 atom stereocenters. The second-order valence-electron chi connectivity index (χ2n) is 7.27. The topological polar surface area (TPSA) is 57.3 Å². The van der Waals surface area contributed by atoms with Gasteiger partial charge in [-0.1, -0.05) is 30.3 Å². The summed E-state index contributed by atoms with van der Waals surface area (Å²) in [5.41, 5.74) is 2.56. The quantitative estimate of drug-likeness (QED) is 0.853. The Morgan fingerprint density at radius 1 is 1.15 bits per heavy atom. The fourth-order valence-electron chi connectivity index (χ4n) is 3.40. The summed E-state index contributed by atoms with van der Waals surface area (Å²) < 4.78 is 0. The van der Waals surface area contributed by atoms with Crippen LogP contribution in [0.3, 0.4) is 0 Å². The Bertz CT molecular complexity index is 692. The van der Waals surface area contributed by atoms with E-state index in [1.54, 1.807) is 0 Å². The summed E-state index contributed by atoms with van der Waals surface area (Å²) in [5.74, 6) is 1.33. The van der Waals surface area contributed by atoms with Gasteiger partial charge in [0.05, 0.1) is 11.9 Å². The van der Waals surface area contributed by atoms with Crippen LogP contribution >= 0.6 is 0 Å². The van der Waals surface area contributed by atoms with Crippen LogP contribution in [0.15, 0.2) is 48.7 Å². The number of hydrogen-bond acceptors (Lipinski definition) is 3. The number of benzene rings is 1. The van der Waals surface area contributed by atoms with Gasteiger partial charge in [-0.05, 0) is 56.7 Å². The number of pyridine rings is 1. The molecule has 1 fully saturated rings. The van der Waals surface area contributed by atoms with E-state index in [0.29, 0.717) is 5.82 Å². The Labute approximate surface area is 155 Å². The van der Waals surface area contributed by atoms with E-state index in [4.69, 9.17) is 0 Å². The van der Waals surface area contributed by atoms with Crippen LogP contribution in [-0.4, -0.2) is 30.1 Å². The highest BCUT2D eigenvalue weighted by atomic mass is 16.2. The van der Waals surface area contributed by atoms with Crippen LogP contribution in [0.4, 0.5) is 16.3 Å². The van der Waals surface area contributed by atoms with Crippen LogP contribution < -0.4 is 15.5 Å². The number of aromatic nitrogens is 1. The molecule has 2 aromatic rings. The van der Waals surface area contributed by atoms with Crippen LogP contribution in [0, 0.1) is 5.92 Å². The van der Waals surface area contributed by atoms with Gasteiger partial charge in [-0.3, -0.25) is 5.32 Å². The number of rotatable bonds is 5. The lowest BCUT2D eigenvalue weighted by molar-refractivity contribution is 0.250. The van der Waals surface area contributed by atoms with E-state index in [0.717, 1.165) is 24.7 Å². The first kappa shape index (κ1) is 18.2.